The highest BCUT2D eigenvalue weighted by atomic mass is 16.6. The predicted molar refractivity (Wildman–Crippen MR) is 121 cm³/mol. The van der Waals surface area contributed by atoms with Crippen LogP contribution in [0.3, 0.4) is 0 Å². The quantitative estimate of drug-likeness (QED) is 0.286. The van der Waals surface area contributed by atoms with Crippen LogP contribution in [0, 0.1) is 0 Å². The van der Waals surface area contributed by atoms with E-state index in [0.717, 1.165) is 23.0 Å². The number of aldehydes is 1. The van der Waals surface area contributed by atoms with Crippen molar-refractivity contribution in [1.29, 1.82) is 0 Å². The maximum atomic E-state index is 11.0. The van der Waals surface area contributed by atoms with Crippen molar-refractivity contribution in [1.82, 2.24) is 0 Å². The fourth-order valence-electron chi connectivity index (χ4n) is 3.09. The summed E-state index contributed by atoms with van der Waals surface area (Å²) in [5.74, 6) is 0. The molecule has 0 aliphatic rings. The van der Waals surface area contributed by atoms with Crippen LogP contribution in [-0.4, -0.2) is 25.1 Å². The number of benzene rings is 3. The van der Waals surface area contributed by atoms with Crippen molar-refractivity contribution in [3.8, 4) is 0 Å². The number of hydrogen-bond acceptors (Lipinski definition) is 4. The Morgan fingerprint density at radius 1 is 0.645 bits per heavy atom. The van der Waals surface area contributed by atoms with Gasteiger partial charge < -0.3 is 14.2 Å². The monoisotopic (exact) mass is 416 g/mol. The van der Waals surface area contributed by atoms with E-state index < -0.39 is 6.10 Å². The van der Waals surface area contributed by atoms with Gasteiger partial charge in [-0.2, -0.15) is 0 Å². The van der Waals surface area contributed by atoms with Crippen molar-refractivity contribution in [2.75, 3.05) is 6.61 Å². The van der Waals surface area contributed by atoms with Gasteiger partial charge in [-0.25, -0.2) is 0 Å². The Morgan fingerprint density at radius 2 is 1.13 bits per heavy atom. The van der Waals surface area contributed by atoms with Crippen LogP contribution in [0.5, 0.6) is 0 Å². The predicted octanol–water partition coefficient (Wildman–Crippen LogP) is 5.13. The largest absolute Gasteiger partial charge is 0.374 e. The Morgan fingerprint density at radius 3 is 1.65 bits per heavy atom. The van der Waals surface area contributed by atoms with Gasteiger partial charge in [0.25, 0.3) is 0 Å². The second kappa shape index (κ2) is 13.3. The van der Waals surface area contributed by atoms with E-state index in [-0.39, 0.29) is 6.10 Å². The summed E-state index contributed by atoms with van der Waals surface area (Å²) < 4.78 is 18.3. The normalized spacial score (nSPS) is 13.2. The molecule has 0 aliphatic heterocycles. The Bertz CT molecular complexity index is 894. The van der Waals surface area contributed by atoms with Crippen LogP contribution in [0.25, 0.3) is 0 Å². The first-order chi connectivity index (χ1) is 15.3. The van der Waals surface area contributed by atoms with Crippen molar-refractivity contribution in [3.63, 3.8) is 0 Å². The number of carbonyl (C=O) groups excluding carboxylic acids is 1. The van der Waals surface area contributed by atoms with Crippen molar-refractivity contribution in [3.05, 3.63) is 120 Å². The molecule has 3 aromatic rings. The summed E-state index contributed by atoms with van der Waals surface area (Å²) in [4.78, 5) is 11.0. The molecule has 3 aromatic carbocycles. The van der Waals surface area contributed by atoms with Crippen LogP contribution < -0.4 is 0 Å². The van der Waals surface area contributed by atoms with E-state index in [9.17, 15) is 4.79 Å². The average Bonchev–Trinajstić information content (AvgIpc) is 2.83. The van der Waals surface area contributed by atoms with Gasteiger partial charge in [-0.3, -0.25) is 4.79 Å². The molecule has 2 atom stereocenters. The summed E-state index contributed by atoms with van der Waals surface area (Å²) >= 11 is 0. The molecule has 0 N–H and O–H groups in total. The Hall–Kier alpha value is -3.05. The molecule has 0 aromatic heterocycles. The maximum absolute atomic E-state index is 11.0. The third-order valence-corrected chi connectivity index (χ3v) is 4.73. The van der Waals surface area contributed by atoms with Crippen molar-refractivity contribution in [2.45, 2.75) is 32.0 Å². The van der Waals surface area contributed by atoms with Gasteiger partial charge in [0, 0.05) is 0 Å². The third-order valence-electron chi connectivity index (χ3n) is 4.73. The average molecular weight is 417 g/mol. The molecular weight excluding hydrogens is 388 g/mol. The van der Waals surface area contributed by atoms with Gasteiger partial charge >= 0.3 is 0 Å². The molecule has 31 heavy (non-hydrogen) atoms. The van der Waals surface area contributed by atoms with Gasteiger partial charge in [0.15, 0.2) is 0 Å². The van der Waals surface area contributed by atoms with Crippen LogP contribution in [0.2, 0.25) is 0 Å². The highest BCUT2D eigenvalue weighted by Gasteiger charge is 2.22. The number of hydrogen-bond donors (Lipinski definition) is 0. The summed E-state index contributed by atoms with van der Waals surface area (Å²) in [6.07, 6.45) is 3.13. The zero-order valence-electron chi connectivity index (χ0n) is 17.5. The molecule has 160 valence electrons. The minimum atomic E-state index is -0.426. The number of allylic oxidation sites excluding steroid dienone is 1. The van der Waals surface area contributed by atoms with Crippen LogP contribution >= 0.6 is 0 Å². The van der Waals surface area contributed by atoms with E-state index in [4.69, 9.17) is 14.2 Å². The molecule has 0 bridgehead atoms. The van der Waals surface area contributed by atoms with E-state index in [1.54, 1.807) is 6.08 Å². The summed E-state index contributed by atoms with van der Waals surface area (Å²) in [6, 6.07) is 29.9. The molecule has 0 aliphatic carbocycles. The van der Waals surface area contributed by atoms with E-state index in [0.29, 0.717) is 26.4 Å². The van der Waals surface area contributed by atoms with Gasteiger partial charge in [-0.1, -0.05) is 91.0 Å². The first-order valence-electron chi connectivity index (χ1n) is 10.4. The molecule has 0 amide bonds. The van der Waals surface area contributed by atoms with Crippen molar-refractivity contribution < 1.29 is 19.0 Å². The fourth-order valence-corrected chi connectivity index (χ4v) is 3.09. The van der Waals surface area contributed by atoms with E-state index >= 15 is 0 Å². The molecular formula is C27H28O4. The second-order valence-corrected chi connectivity index (χ2v) is 7.12. The van der Waals surface area contributed by atoms with Crippen LogP contribution in [0.4, 0.5) is 0 Å². The molecule has 4 nitrogen and oxygen atoms in total. The molecule has 0 heterocycles. The van der Waals surface area contributed by atoms with Crippen molar-refractivity contribution >= 4 is 6.29 Å². The molecule has 0 saturated carbocycles. The minimum Gasteiger partial charge on any atom is -0.374 e. The fraction of sp³-hybridized carbons (Fsp3) is 0.222. The Labute approximate surface area is 184 Å². The first-order valence-corrected chi connectivity index (χ1v) is 10.4. The van der Waals surface area contributed by atoms with Gasteiger partial charge in [0.1, 0.15) is 18.5 Å². The lowest BCUT2D eigenvalue weighted by molar-refractivity contribution is -0.105. The molecule has 0 radical (unpaired) electrons. The van der Waals surface area contributed by atoms with E-state index in [2.05, 4.69) is 0 Å². The summed E-state index contributed by atoms with van der Waals surface area (Å²) in [5.41, 5.74) is 3.21. The zero-order chi connectivity index (χ0) is 21.6. The summed E-state index contributed by atoms with van der Waals surface area (Å²) in [6.45, 7) is 1.66. The Balaban J connectivity index is 1.67. The zero-order valence-corrected chi connectivity index (χ0v) is 17.5. The van der Waals surface area contributed by atoms with Gasteiger partial charge in [0.2, 0.25) is 0 Å². The highest BCUT2D eigenvalue weighted by molar-refractivity contribution is 5.64. The third kappa shape index (κ3) is 8.30. The van der Waals surface area contributed by atoms with Crippen LogP contribution in [-0.2, 0) is 38.8 Å². The van der Waals surface area contributed by atoms with Gasteiger partial charge in [0.05, 0.1) is 26.4 Å². The van der Waals surface area contributed by atoms with Gasteiger partial charge in [-0.05, 0) is 28.8 Å². The van der Waals surface area contributed by atoms with E-state index in [1.165, 1.54) is 6.08 Å². The SMILES string of the molecule is O=C/C=C/[C@@H](OCc1ccccc1)[C@@H](COCc1ccccc1)OCc1ccccc1. The van der Waals surface area contributed by atoms with E-state index in [1.807, 2.05) is 91.0 Å². The summed E-state index contributed by atoms with van der Waals surface area (Å²) in [5, 5.41) is 0. The lowest BCUT2D eigenvalue weighted by atomic mass is 10.1. The molecule has 0 saturated heterocycles. The number of rotatable bonds is 13. The lowest BCUT2D eigenvalue weighted by Gasteiger charge is -2.25. The molecule has 3 rings (SSSR count). The highest BCUT2D eigenvalue weighted by Crippen LogP contribution is 2.15. The molecule has 0 spiro atoms. The lowest BCUT2D eigenvalue weighted by Crippen LogP contribution is -2.34. The van der Waals surface area contributed by atoms with Crippen LogP contribution in [0.1, 0.15) is 16.7 Å². The molecule has 0 unspecified atom stereocenters. The standard InChI is InChI=1S/C27H28O4/c28-18-10-17-26(30-20-24-13-6-2-7-14-24)27(31-21-25-15-8-3-9-16-25)22-29-19-23-11-4-1-5-12-23/h1-18,26-27H,19-22H2/b17-10+/t26-,27-/m1/s1. The smallest absolute Gasteiger partial charge is 0.142 e. The summed E-state index contributed by atoms with van der Waals surface area (Å²) in [7, 11) is 0. The first kappa shape index (κ1) is 22.6. The number of ether oxygens (including phenoxy) is 3. The van der Waals surface area contributed by atoms with Gasteiger partial charge in [-0.15, -0.1) is 0 Å². The molecule has 4 heteroatoms. The minimum absolute atomic E-state index is 0.338. The number of carbonyl (C=O) groups is 1. The topological polar surface area (TPSA) is 44.8 Å². The Kier molecular flexibility index (Phi) is 9.70. The van der Waals surface area contributed by atoms with Crippen molar-refractivity contribution in [2.24, 2.45) is 0 Å². The second-order valence-electron chi connectivity index (χ2n) is 7.12. The molecule has 0 fully saturated rings. The van der Waals surface area contributed by atoms with Crippen LogP contribution in [0.15, 0.2) is 103 Å². The maximum Gasteiger partial charge on any atom is 0.142 e.